The number of hydrogen-bond donors (Lipinski definition) is 0. The van der Waals surface area contributed by atoms with E-state index in [0.717, 1.165) is 17.6 Å². The van der Waals surface area contributed by atoms with Crippen molar-refractivity contribution < 1.29 is 4.74 Å². The van der Waals surface area contributed by atoms with E-state index >= 15 is 0 Å². The fourth-order valence-electron chi connectivity index (χ4n) is 2.22. The maximum absolute atomic E-state index is 5.14. The van der Waals surface area contributed by atoms with Crippen LogP contribution >= 0.6 is 0 Å². The van der Waals surface area contributed by atoms with Gasteiger partial charge in [-0.25, -0.2) is 0 Å². The largest absolute Gasteiger partial charge is 0.497 e. The number of methoxy groups -OCH3 is 1. The van der Waals surface area contributed by atoms with Crippen molar-refractivity contribution in [3.05, 3.63) is 29.8 Å². The van der Waals surface area contributed by atoms with Crippen LogP contribution in [-0.4, -0.2) is 7.11 Å². The van der Waals surface area contributed by atoms with Crippen molar-refractivity contribution in [2.45, 2.75) is 32.1 Å². The van der Waals surface area contributed by atoms with Crippen LogP contribution < -0.4 is 4.74 Å². The molecule has 0 N–H and O–H groups in total. The van der Waals surface area contributed by atoms with Gasteiger partial charge >= 0.3 is 0 Å². The van der Waals surface area contributed by atoms with E-state index < -0.39 is 0 Å². The van der Waals surface area contributed by atoms with Gasteiger partial charge in [0.2, 0.25) is 0 Å². The summed E-state index contributed by atoms with van der Waals surface area (Å²) in [4.78, 5) is 0. The van der Waals surface area contributed by atoms with Gasteiger partial charge in [0.1, 0.15) is 5.75 Å². The maximum atomic E-state index is 5.14. The molecule has 2 rings (SSSR count). The van der Waals surface area contributed by atoms with E-state index in [1.54, 1.807) is 7.11 Å². The minimum atomic E-state index is 0.811. The van der Waals surface area contributed by atoms with Crippen molar-refractivity contribution >= 4 is 0 Å². The SMILES string of the molecule is CCC1CC(c2ccc(OC)cc2)C1. The summed E-state index contributed by atoms with van der Waals surface area (Å²) in [6.45, 7) is 2.29. The lowest BCUT2D eigenvalue weighted by molar-refractivity contribution is 0.256. The van der Waals surface area contributed by atoms with Gasteiger partial charge in [-0.1, -0.05) is 25.5 Å². The zero-order valence-corrected chi connectivity index (χ0v) is 8.99. The van der Waals surface area contributed by atoms with Gasteiger partial charge in [-0.2, -0.15) is 0 Å². The number of ether oxygens (including phenoxy) is 1. The third kappa shape index (κ3) is 1.77. The molecule has 1 nitrogen and oxygen atoms in total. The zero-order valence-electron chi connectivity index (χ0n) is 8.99. The molecule has 1 aromatic rings. The Morgan fingerprint density at radius 2 is 1.86 bits per heavy atom. The van der Waals surface area contributed by atoms with Gasteiger partial charge in [0.25, 0.3) is 0 Å². The lowest BCUT2D eigenvalue weighted by atomic mass is 9.70. The molecular formula is C13H18O. The van der Waals surface area contributed by atoms with Crippen molar-refractivity contribution in [3.63, 3.8) is 0 Å². The Morgan fingerprint density at radius 1 is 1.21 bits per heavy atom. The fourth-order valence-corrected chi connectivity index (χ4v) is 2.22. The molecule has 0 spiro atoms. The molecule has 1 aliphatic carbocycles. The molecule has 0 aliphatic heterocycles. The van der Waals surface area contributed by atoms with Gasteiger partial charge in [0.15, 0.2) is 0 Å². The second-order valence-electron chi connectivity index (χ2n) is 4.22. The highest BCUT2D eigenvalue weighted by atomic mass is 16.5. The first-order chi connectivity index (χ1) is 6.83. The van der Waals surface area contributed by atoms with Crippen LogP contribution in [0.15, 0.2) is 24.3 Å². The Balaban J connectivity index is 1.98. The van der Waals surface area contributed by atoms with E-state index in [4.69, 9.17) is 4.74 Å². The van der Waals surface area contributed by atoms with Crippen LogP contribution in [0.4, 0.5) is 0 Å². The van der Waals surface area contributed by atoms with Crippen molar-refractivity contribution in [2.24, 2.45) is 5.92 Å². The molecule has 0 saturated heterocycles. The van der Waals surface area contributed by atoms with E-state index in [-0.39, 0.29) is 0 Å². The summed E-state index contributed by atoms with van der Waals surface area (Å²) in [6, 6.07) is 8.54. The normalized spacial score (nSPS) is 25.6. The first-order valence-electron chi connectivity index (χ1n) is 5.47. The average molecular weight is 190 g/mol. The summed E-state index contributed by atoms with van der Waals surface area (Å²) in [5.41, 5.74) is 1.48. The number of hydrogen-bond acceptors (Lipinski definition) is 1. The Bertz CT molecular complexity index is 283. The Kier molecular flexibility index (Phi) is 2.76. The smallest absolute Gasteiger partial charge is 0.118 e. The quantitative estimate of drug-likeness (QED) is 0.707. The first-order valence-corrected chi connectivity index (χ1v) is 5.47. The van der Waals surface area contributed by atoms with Crippen LogP contribution in [-0.2, 0) is 0 Å². The van der Waals surface area contributed by atoms with Crippen LogP contribution in [0.25, 0.3) is 0 Å². The van der Waals surface area contributed by atoms with E-state index in [2.05, 4.69) is 31.2 Å². The van der Waals surface area contributed by atoms with Crippen molar-refractivity contribution in [2.75, 3.05) is 7.11 Å². The first kappa shape index (κ1) is 9.57. The molecule has 1 saturated carbocycles. The van der Waals surface area contributed by atoms with Crippen molar-refractivity contribution in [1.82, 2.24) is 0 Å². The van der Waals surface area contributed by atoms with Gasteiger partial charge in [-0.05, 0) is 42.4 Å². The summed E-state index contributed by atoms with van der Waals surface area (Å²) in [6.07, 6.45) is 4.10. The molecule has 0 atom stereocenters. The standard InChI is InChI=1S/C13H18O/c1-3-10-8-12(9-10)11-4-6-13(14-2)7-5-11/h4-7,10,12H,3,8-9H2,1-2H3. The van der Waals surface area contributed by atoms with Crippen LogP contribution in [0.5, 0.6) is 5.75 Å². The summed E-state index contributed by atoms with van der Waals surface area (Å²) in [7, 11) is 1.71. The molecule has 0 aromatic heterocycles. The van der Waals surface area contributed by atoms with E-state index in [0.29, 0.717) is 0 Å². The minimum absolute atomic E-state index is 0.811. The highest BCUT2D eigenvalue weighted by molar-refractivity contribution is 5.30. The summed E-state index contributed by atoms with van der Waals surface area (Å²) < 4.78 is 5.14. The molecule has 1 aromatic carbocycles. The fraction of sp³-hybridized carbons (Fsp3) is 0.538. The van der Waals surface area contributed by atoms with Gasteiger partial charge in [-0.3, -0.25) is 0 Å². The van der Waals surface area contributed by atoms with Gasteiger partial charge < -0.3 is 4.74 Å². The molecule has 14 heavy (non-hydrogen) atoms. The molecular weight excluding hydrogens is 172 g/mol. The second-order valence-corrected chi connectivity index (χ2v) is 4.22. The molecule has 0 bridgehead atoms. The summed E-state index contributed by atoms with van der Waals surface area (Å²) >= 11 is 0. The van der Waals surface area contributed by atoms with E-state index in [1.807, 2.05) is 0 Å². The van der Waals surface area contributed by atoms with Crippen LogP contribution in [0, 0.1) is 5.92 Å². The molecule has 0 radical (unpaired) electrons. The minimum Gasteiger partial charge on any atom is -0.497 e. The second kappa shape index (κ2) is 4.04. The summed E-state index contributed by atoms with van der Waals surface area (Å²) in [5, 5.41) is 0. The van der Waals surface area contributed by atoms with Gasteiger partial charge in [0, 0.05) is 0 Å². The topological polar surface area (TPSA) is 9.23 Å². The van der Waals surface area contributed by atoms with Crippen LogP contribution in [0.3, 0.4) is 0 Å². The van der Waals surface area contributed by atoms with Crippen molar-refractivity contribution in [3.8, 4) is 5.75 Å². The molecule has 0 amide bonds. The Hall–Kier alpha value is -0.980. The highest BCUT2D eigenvalue weighted by Gasteiger charge is 2.28. The third-order valence-electron chi connectivity index (χ3n) is 3.40. The van der Waals surface area contributed by atoms with Crippen molar-refractivity contribution in [1.29, 1.82) is 0 Å². The molecule has 1 heteroatoms. The van der Waals surface area contributed by atoms with Gasteiger partial charge in [-0.15, -0.1) is 0 Å². The molecule has 0 unspecified atom stereocenters. The predicted octanol–water partition coefficient (Wildman–Crippen LogP) is 3.60. The lowest BCUT2D eigenvalue weighted by Gasteiger charge is -2.35. The average Bonchev–Trinajstić information content (AvgIpc) is 2.17. The van der Waals surface area contributed by atoms with Crippen LogP contribution in [0.2, 0.25) is 0 Å². The number of benzene rings is 1. The third-order valence-corrected chi connectivity index (χ3v) is 3.40. The van der Waals surface area contributed by atoms with E-state index in [1.165, 1.54) is 24.8 Å². The van der Waals surface area contributed by atoms with E-state index in [9.17, 15) is 0 Å². The monoisotopic (exact) mass is 190 g/mol. The number of rotatable bonds is 3. The van der Waals surface area contributed by atoms with Gasteiger partial charge in [0.05, 0.1) is 7.11 Å². The lowest BCUT2D eigenvalue weighted by Crippen LogP contribution is -2.20. The molecule has 76 valence electrons. The highest BCUT2D eigenvalue weighted by Crippen LogP contribution is 2.43. The summed E-state index contributed by atoms with van der Waals surface area (Å²) in [5.74, 6) is 2.74. The Morgan fingerprint density at radius 3 is 2.36 bits per heavy atom. The molecule has 1 fully saturated rings. The zero-order chi connectivity index (χ0) is 9.97. The molecule has 0 heterocycles. The predicted molar refractivity (Wildman–Crippen MR) is 58.8 cm³/mol. The van der Waals surface area contributed by atoms with Crippen LogP contribution in [0.1, 0.15) is 37.7 Å². The molecule has 1 aliphatic rings. The maximum Gasteiger partial charge on any atom is 0.118 e. The Labute approximate surface area is 86.1 Å².